The fraction of sp³-hybridized carbons (Fsp3) is 0.0526. The van der Waals surface area contributed by atoms with Gasteiger partial charge >= 0.3 is 0 Å². The number of nitrogens with one attached hydrogen (secondary N) is 1. The molecule has 128 valence electrons. The molecule has 26 heavy (non-hydrogen) atoms. The summed E-state index contributed by atoms with van der Waals surface area (Å²) >= 11 is 0. The number of benzene rings is 2. The largest absolute Gasteiger partial charge is 0.336 e. The third kappa shape index (κ3) is 2.90. The third-order valence-corrected chi connectivity index (χ3v) is 3.90. The molecular weight excluding hydrogens is 333 g/mol. The Bertz CT molecular complexity index is 1100. The molecule has 0 unspecified atom stereocenters. The van der Waals surface area contributed by atoms with E-state index in [0.29, 0.717) is 11.5 Å². The van der Waals surface area contributed by atoms with Crippen LogP contribution in [0.1, 0.15) is 17.4 Å². The first-order valence-corrected chi connectivity index (χ1v) is 7.97. The normalized spacial score (nSPS) is 10.8. The molecule has 0 atom stereocenters. The minimum absolute atomic E-state index is 0.204. The van der Waals surface area contributed by atoms with Crippen LogP contribution in [0, 0.1) is 5.82 Å². The lowest BCUT2D eigenvalue weighted by molar-refractivity contribution is 0.101. The Balaban J connectivity index is 1.78. The number of carbonyl (C=O) groups excluding carboxylic acids is 1. The number of anilines is 2. The quantitative estimate of drug-likeness (QED) is 0.567. The van der Waals surface area contributed by atoms with Crippen molar-refractivity contribution in [3.8, 4) is 5.69 Å². The minimum Gasteiger partial charge on any atom is -0.336 e. The van der Waals surface area contributed by atoms with Gasteiger partial charge in [0.05, 0.1) is 11.2 Å². The summed E-state index contributed by atoms with van der Waals surface area (Å²) in [6.07, 6.45) is 1.72. The molecule has 2 aromatic carbocycles. The van der Waals surface area contributed by atoms with Crippen molar-refractivity contribution < 1.29 is 9.18 Å². The van der Waals surface area contributed by atoms with Crippen molar-refractivity contribution in [1.29, 1.82) is 0 Å². The van der Waals surface area contributed by atoms with E-state index in [1.807, 2.05) is 30.3 Å². The van der Waals surface area contributed by atoms with Gasteiger partial charge in [0.25, 0.3) is 0 Å². The van der Waals surface area contributed by atoms with Gasteiger partial charge in [0.2, 0.25) is 0 Å². The summed E-state index contributed by atoms with van der Waals surface area (Å²) in [6, 6.07) is 15.2. The van der Waals surface area contributed by atoms with E-state index in [-0.39, 0.29) is 17.3 Å². The molecule has 0 saturated carbocycles. The molecule has 0 bridgehead atoms. The van der Waals surface area contributed by atoms with Crippen LogP contribution in [-0.4, -0.2) is 25.8 Å². The maximum absolute atomic E-state index is 13.1. The summed E-state index contributed by atoms with van der Waals surface area (Å²) in [5.74, 6) is -0.244. The Labute approximate surface area is 148 Å². The topological polar surface area (TPSA) is 72.7 Å². The Morgan fingerprint density at radius 3 is 2.62 bits per heavy atom. The number of pyridine rings is 1. The van der Waals surface area contributed by atoms with Crippen LogP contribution in [0.3, 0.4) is 0 Å². The fourth-order valence-electron chi connectivity index (χ4n) is 2.66. The lowest BCUT2D eigenvalue weighted by Crippen LogP contribution is -2.01. The van der Waals surface area contributed by atoms with Gasteiger partial charge in [-0.25, -0.2) is 4.39 Å². The lowest BCUT2D eigenvalue weighted by atomic mass is 10.2. The van der Waals surface area contributed by atoms with Crippen LogP contribution in [0.25, 0.3) is 16.6 Å². The summed E-state index contributed by atoms with van der Waals surface area (Å²) in [6.45, 7) is 1.43. The number of nitrogens with zero attached hydrogens (tertiary/aromatic N) is 4. The summed E-state index contributed by atoms with van der Waals surface area (Å²) < 4.78 is 13.1. The molecule has 0 aliphatic carbocycles. The lowest BCUT2D eigenvalue weighted by Gasteiger charge is -2.07. The smallest absolute Gasteiger partial charge is 0.184 e. The van der Waals surface area contributed by atoms with Crippen LogP contribution < -0.4 is 5.32 Å². The number of halogens is 1. The van der Waals surface area contributed by atoms with E-state index >= 15 is 0 Å². The van der Waals surface area contributed by atoms with Crippen LogP contribution in [0.2, 0.25) is 0 Å². The molecule has 0 amide bonds. The third-order valence-electron chi connectivity index (χ3n) is 3.90. The van der Waals surface area contributed by atoms with Crippen LogP contribution in [0.15, 0.2) is 60.8 Å². The van der Waals surface area contributed by atoms with E-state index in [1.54, 1.807) is 18.3 Å². The van der Waals surface area contributed by atoms with Crippen molar-refractivity contribution in [3.63, 3.8) is 0 Å². The van der Waals surface area contributed by atoms with Gasteiger partial charge in [0.15, 0.2) is 17.3 Å². The highest BCUT2D eigenvalue weighted by atomic mass is 19.1. The second-order valence-electron chi connectivity index (χ2n) is 5.72. The Morgan fingerprint density at radius 1 is 1.04 bits per heavy atom. The zero-order valence-corrected chi connectivity index (χ0v) is 13.8. The number of hydrogen-bond donors (Lipinski definition) is 1. The number of fused-ring (bicyclic) bond motifs is 1. The van der Waals surface area contributed by atoms with Crippen LogP contribution in [-0.2, 0) is 0 Å². The Hall–Kier alpha value is -3.61. The highest BCUT2D eigenvalue weighted by molar-refractivity contribution is 5.99. The van der Waals surface area contributed by atoms with Gasteiger partial charge in [0, 0.05) is 24.2 Å². The van der Waals surface area contributed by atoms with Gasteiger partial charge < -0.3 is 5.32 Å². The predicted octanol–water partition coefficient (Wildman–Crippen LogP) is 3.90. The number of ketones is 1. The van der Waals surface area contributed by atoms with Crippen molar-refractivity contribution in [3.05, 3.63) is 72.3 Å². The molecule has 0 spiro atoms. The molecule has 0 fully saturated rings. The minimum atomic E-state index is -0.352. The van der Waals surface area contributed by atoms with E-state index in [1.165, 1.54) is 23.9 Å². The number of aromatic nitrogens is 4. The van der Waals surface area contributed by atoms with Gasteiger partial charge in [-0.05, 0) is 48.5 Å². The van der Waals surface area contributed by atoms with Crippen molar-refractivity contribution >= 4 is 28.2 Å². The Kier molecular flexibility index (Phi) is 3.89. The molecule has 2 aromatic heterocycles. The molecule has 4 aromatic rings. The summed E-state index contributed by atoms with van der Waals surface area (Å²) in [4.78, 5) is 17.6. The van der Waals surface area contributed by atoms with Crippen molar-refractivity contribution in [2.45, 2.75) is 6.92 Å². The standard InChI is InChI=1S/C19H14FN5O/c1-12(26)18-19(24-25(23-18)14-9-7-13(20)8-10-14)22-17-6-2-5-16-15(17)4-3-11-21-16/h2-11H,1H3,(H,22,24). The monoisotopic (exact) mass is 347 g/mol. The number of carbonyl (C=O) groups is 1. The fourth-order valence-corrected chi connectivity index (χ4v) is 2.66. The van der Waals surface area contributed by atoms with Crippen LogP contribution in [0.5, 0.6) is 0 Å². The molecule has 4 rings (SSSR count). The van der Waals surface area contributed by atoms with E-state index in [0.717, 1.165) is 16.6 Å². The molecule has 2 heterocycles. The first kappa shape index (κ1) is 15.9. The molecular formula is C19H14FN5O. The van der Waals surface area contributed by atoms with Gasteiger partial charge in [0.1, 0.15) is 5.82 Å². The summed E-state index contributed by atoms with van der Waals surface area (Å²) in [5, 5.41) is 12.7. The molecule has 6 nitrogen and oxygen atoms in total. The van der Waals surface area contributed by atoms with Crippen LogP contribution >= 0.6 is 0 Å². The van der Waals surface area contributed by atoms with E-state index in [2.05, 4.69) is 20.5 Å². The summed E-state index contributed by atoms with van der Waals surface area (Å²) in [5.41, 5.74) is 2.36. The zero-order valence-electron chi connectivity index (χ0n) is 13.8. The number of hydrogen-bond acceptors (Lipinski definition) is 5. The number of Topliss-reactive ketones (excluding diaryl/α,β-unsaturated/α-hetero) is 1. The van der Waals surface area contributed by atoms with Crippen molar-refractivity contribution in [2.24, 2.45) is 0 Å². The molecule has 0 saturated heterocycles. The van der Waals surface area contributed by atoms with Crippen molar-refractivity contribution in [2.75, 3.05) is 5.32 Å². The second kappa shape index (κ2) is 6.36. The highest BCUT2D eigenvalue weighted by Crippen LogP contribution is 2.26. The maximum Gasteiger partial charge on any atom is 0.184 e. The van der Waals surface area contributed by atoms with E-state index in [4.69, 9.17) is 0 Å². The number of rotatable bonds is 4. The SMILES string of the molecule is CC(=O)c1nn(-c2ccc(F)cc2)nc1Nc1cccc2ncccc12. The van der Waals surface area contributed by atoms with E-state index < -0.39 is 0 Å². The average Bonchev–Trinajstić information content (AvgIpc) is 3.07. The first-order valence-electron chi connectivity index (χ1n) is 7.97. The maximum atomic E-state index is 13.1. The molecule has 0 aliphatic heterocycles. The van der Waals surface area contributed by atoms with Gasteiger partial charge in [-0.2, -0.15) is 0 Å². The Morgan fingerprint density at radius 2 is 1.85 bits per heavy atom. The molecule has 0 aliphatic rings. The predicted molar refractivity (Wildman–Crippen MR) is 96.3 cm³/mol. The molecule has 1 N–H and O–H groups in total. The first-order chi connectivity index (χ1) is 12.6. The zero-order chi connectivity index (χ0) is 18.1. The molecule has 0 radical (unpaired) electrons. The van der Waals surface area contributed by atoms with Crippen molar-refractivity contribution in [1.82, 2.24) is 20.0 Å². The molecule has 7 heteroatoms. The van der Waals surface area contributed by atoms with Gasteiger partial charge in [-0.1, -0.05) is 6.07 Å². The van der Waals surface area contributed by atoms with Gasteiger partial charge in [-0.3, -0.25) is 9.78 Å². The highest BCUT2D eigenvalue weighted by Gasteiger charge is 2.17. The van der Waals surface area contributed by atoms with Gasteiger partial charge in [-0.15, -0.1) is 15.0 Å². The second-order valence-corrected chi connectivity index (χ2v) is 5.72. The summed E-state index contributed by atoms with van der Waals surface area (Å²) in [7, 11) is 0. The van der Waals surface area contributed by atoms with E-state index in [9.17, 15) is 9.18 Å². The van der Waals surface area contributed by atoms with Crippen LogP contribution in [0.4, 0.5) is 15.9 Å². The average molecular weight is 347 g/mol.